The number of hydrogen-bond donors (Lipinski definition) is 0. The summed E-state index contributed by atoms with van der Waals surface area (Å²) in [4.78, 5) is 0. The lowest BCUT2D eigenvalue weighted by Gasteiger charge is -2.22. The second kappa shape index (κ2) is 4.43. The fraction of sp³-hybridized carbons (Fsp3) is 0.385. The van der Waals surface area contributed by atoms with Gasteiger partial charge in [0.15, 0.2) is 0 Å². The molecule has 1 fully saturated rings. The summed E-state index contributed by atoms with van der Waals surface area (Å²) in [5.41, 5.74) is 2.82. The first-order valence-electron chi connectivity index (χ1n) is 5.19. The number of benzene rings is 1. The van der Waals surface area contributed by atoms with Gasteiger partial charge in [-0.2, -0.15) is 0 Å². The van der Waals surface area contributed by atoms with Gasteiger partial charge in [0, 0.05) is 5.92 Å². The van der Waals surface area contributed by atoms with Crippen LogP contribution in [-0.2, 0) is 4.74 Å². The van der Waals surface area contributed by atoms with Crippen LogP contribution >= 0.6 is 0 Å². The van der Waals surface area contributed by atoms with Gasteiger partial charge < -0.3 is 4.74 Å². The van der Waals surface area contributed by atoms with Crippen LogP contribution in [0.1, 0.15) is 18.9 Å². The van der Waals surface area contributed by atoms with E-state index in [9.17, 15) is 0 Å². The fourth-order valence-electron chi connectivity index (χ4n) is 1.78. The average Bonchev–Trinajstić information content (AvgIpc) is 2.23. The summed E-state index contributed by atoms with van der Waals surface area (Å²) in [6.45, 7) is 3.98. The Morgan fingerprint density at radius 2 is 2.07 bits per heavy atom. The highest BCUT2D eigenvalue weighted by Crippen LogP contribution is 2.22. The van der Waals surface area contributed by atoms with Gasteiger partial charge in [-0.05, 0) is 12.0 Å². The van der Waals surface area contributed by atoms with Crippen molar-refractivity contribution in [3.05, 3.63) is 41.5 Å². The van der Waals surface area contributed by atoms with E-state index in [0.29, 0.717) is 5.92 Å². The first-order valence-corrected chi connectivity index (χ1v) is 5.19. The summed E-state index contributed by atoms with van der Waals surface area (Å²) in [6, 6.07) is 10.5. The largest absolute Gasteiger partial charge is 0.381 e. The molecule has 0 amide bonds. The van der Waals surface area contributed by atoms with Crippen LogP contribution in [0.5, 0.6) is 0 Å². The van der Waals surface area contributed by atoms with E-state index in [1.54, 1.807) is 0 Å². The van der Waals surface area contributed by atoms with Crippen LogP contribution in [0.4, 0.5) is 0 Å². The Morgan fingerprint density at radius 1 is 1.29 bits per heavy atom. The van der Waals surface area contributed by atoms with E-state index in [1.165, 1.54) is 11.1 Å². The van der Waals surface area contributed by atoms with Crippen molar-refractivity contribution in [1.82, 2.24) is 0 Å². The molecule has 0 bridgehead atoms. The molecule has 0 saturated carbocycles. The summed E-state index contributed by atoms with van der Waals surface area (Å²) in [7, 11) is 0. The SMILES string of the molecule is CC1COCC/C1=C\c1ccccc1. The van der Waals surface area contributed by atoms with E-state index in [2.05, 4.69) is 43.3 Å². The molecule has 1 heteroatoms. The molecule has 1 aliphatic heterocycles. The first-order chi connectivity index (χ1) is 6.86. The van der Waals surface area contributed by atoms with Gasteiger partial charge in [-0.15, -0.1) is 0 Å². The Bertz CT molecular complexity index is 313. The van der Waals surface area contributed by atoms with E-state index >= 15 is 0 Å². The number of rotatable bonds is 1. The lowest BCUT2D eigenvalue weighted by atomic mass is 9.95. The van der Waals surface area contributed by atoms with Crippen LogP contribution < -0.4 is 0 Å². The van der Waals surface area contributed by atoms with Crippen molar-refractivity contribution in [2.75, 3.05) is 13.2 Å². The molecular formula is C13H16O. The molecule has 1 atom stereocenters. The standard InChI is InChI=1S/C13H16O/c1-11-10-14-8-7-13(11)9-12-5-3-2-4-6-12/h2-6,9,11H,7-8,10H2,1H3/b13-9+. The van der Waals surface area contributed by atoms with Crippen LogP contribution in [0.3, 0.4) is 0 Å². The zero-order valence-electron chi connectivity index (χ0n) is 8.57. The van der Waals surface area contributed by atoms with Gasteiger partial charge in [-0.25, -0.2) is 0 Å². The van der Waals surface area contributed by atoms with Crippen molar-refractivity contribution in [2.24, 2.45) is 5.92 Å². The molecule has 0 radical (unpaired) electrons. The van der Waals surface area contributed by atoms with Crippen molar-refractivity contribution in [2.45, 2.75) is 13.3 Å². The second-order valence-electron chi connectivity index (χ2n) is 3.86. The molecule has 0 spiro atoms. The summed E-state index contributed by atoms with van der Waals surface area (Å²) < 4.78 is 5.41. The second-order valence-corrected chi connectivity index (χ2v) is 3.86. The van der Waals surface area contributed by atoms with Crippen LogP contribution in [0.25, 0.3) is 6.08 Å². The maximum atomic E-state index is 5.41. The topological polar surface area (TPSA) is 9.23 Å². The van der Waals surface area contributed by atoms with Crippen LogP contribution in [0, 0.1) is 5.92 Å². The van der Waals surface area contributed by atoms with E-state index in [-0.39, 0.29) is 0 Å². The fourth-order valence-corrected chi connectivity index (χ4v) is 1.78. The van der Waals surface area contributed by atoms with Gasteiger partial charge in [-0.1, -0.05) is 48.9 Å². The van der Waals surface area contributed by atoms with E-state index in [0.717, 1.165) is 19.6 Å². The third kappa shape index (κ3) is 2.24. The normalized spacial score (nSPS) is 25.2. The highest BCUT2D eigenvalue weighted by molar-refractivity contribution is 5.53. The van der Waals surface area contributed by atoms with E-state index in [4.69, 9.17) is 4.74 Å². The molecule has 1 heterocycles. The molecule has 1 aromatic carbocycles. The lowest BCUT2D eigenvalue weighted by Crippen LogP contribution is -2.17. The molecule has 2 rings (SSSR count). The minimum Gasteiger partial charge on any atom is -0.381 e. The molecule has 1 saturated heterocycles. The van der Waals surface area contributed by atoms with Crippen LogP contribution in [0.2, 0.25) is 0 Å². The quantitative estimate of drug-likeness (QED) is 0.658. The minimum absolute atomic E-state index is 0.573. The highest BCUT2D eigenvalue weighted by atomic mass is 16.5. The van der Waals surface area contributed by atoms with Crippen molar-refractivity contribution < 1.29 is 4.74 Å². The maximum Gasteiger partial charge on any atom is 0.0529 e. The van der Waals surface area contributed by atoms with Crippen molar-refractivity contribution in [3.63, 3.8) is 0 Å². The monoisotopic (exact) mass is 188 g/mol. The van der Waals surface area contributed by atoms with Gasteiger partial charge in [-0.3, -0.25) is 0 Å². The number of hydrogen-bond acceptors (Lipinski definition) is 1. The average molecular weight is 188 g/mol. The lowest BCUT2D eigenvalue weighted by molar-refractivity contribution is 0.0907. The Balaban J connectivity index is 2.17. The predicted octanol–water partition coefficient (Wildman–Crippen LogP) is 3.13. The summed E-state index contributed by atoms with van der Waals surface area (Å²) in [5, 5.41) is 0. The Labute approximate surface area is 85.4 Å². The van der Waals surface area contributed by atoms with Crippen LogP contribution in [0.15, 0.2) is 35.9 Å². The third-order valence-corrected chi connectivity index (χ3v) is 2.69. The molecule has 0 N–H and O–H groups in total. The molecule has 1 nitrogen and oxygen atoms in total. The van der Waals surface area contributed by atoms with E-state index in [1.807, 2.05) is 0 Å². The zero-order valence-corrected chi connectivity index (χ0v) is 8.57. The van der Waals surface area contributed by atoms with Gasteiger partial charge in [0.05, 0.1) is 13.2 Å². The molecule has 1 aliphatic rings. The van der Waals surface area contributed by atoms with Crippen LogP contribution in [-0.4, -0.2) is 13.2 Å². The predicted molar refractivity (Wildman–Crippen MR) is 59.0 cm³/mol. The molecule has 14 heavy (non-hydrogen) atoms. The van der Waals surface area contributed by atoms with Crippen molar-refractivity contribution in [3.8, 4) is 0 Å². The van der Waals surface area contributed by atoms with Crippen molar-refractivity contribution >= 4 is 6.08 Å². The Morgan fingerprint density at radius 3 is 2.79 bits per heavy atom. The van der Waals surface area contributed by atoms with Gasteiger partial charge in [0.1, 0.15) is 0 Å². The molecule has 0 aliphatic carbocycles. The number of ether oxygens (including phenoxy) is 1. The molecule has 1 aromatic rings. The van der Waals surface area contributed by atoms with E-state index < -0.39 is 0 Å². The highest BCUT2D eigenvalue weighted by Gasteiger charge is 2.13. The Hall–Kier alpha value is -1.08. The maximum absolute atomic E-state index is 5.41. The van der Waals surface area contributed by atoms with Gasteiger partial charge >= 0.3 is 0 Å². The summed E-state index contributed by atoms with van der Waals surface area (Å²) >= 11 is 0. The molecular weight excluding hydrogens is 172 g/mol. The van der Waals surface area contributed by atoms with Crippen molar-refractivity contribution in [1.29, 1.82) is 0 Å². The molecule has 1 unspecified atom stereocenters. The summed E-state index contributed by atoms with van der Waals surface area (Å²) in [5.74, 6) is 0.573. The molecule has 0 aromatic heterocycles. The minimum atomic E-state index is 0.573. The third-order valence-electron chi connectivity index (χ3n) is 2.69. The summed E-state index contributed by atoms with van der Waals surface area (Å²) in [6.07, 6.45) is 3.38. The first kappa shape index (κ1) is 9.47. The van der Waals surface area contributed by atoms with Gasteiger partial charge in [0.25, 0.3) is 0 Å². The van der Waals surface area contributed by atoms with Gasteiger partial charge in [0.2, 0.25) is 0 Å². The molecule has 74 valence electrons. The smallest absolute Gasteiger partial charge is 0.0529 e. The Kier molecular flexibility index (Phi) is 3.00. The zero-order chi connectivity index (χ0) is 9.80.